The summed E-state index contributed by atoms with van der Waals surface area (Å²) in [5.74, 6) is 0.0124. The van der Waals surface area contributed by atoms with Crippen molar-refractivity contribution in [1.29, 1.82) is 0 Å². The van der Waals surface area contributed by atoms with Crippen LogP contribution in [0.2, 0.25) is 0 Å². The lowest BCUT2D eigenvalue weighted by atomic mass is 10.2. The summed E-state index contributed by atoms with van der Waals surface area (Å²) in [5.41, 5.74) is 0.976. The second kappa shape index (κ2) is 9.77. The Labute approximate surface area is 157 Å². The highest BCUT2D eigenvalue weighted by atomic mass is 32.1. The molecule has 0 atom stereocenters. The highest BCUT2D eigenvalue weighted by Gasteiger charge is 2.11. The minimum absolute atomic E-state index is 0.257. The first kappa shape index (κ1) is 19.7. The first-order valence-electron chi connectivity index (χ1n) is 8.35. The molecule has 138 valence electrons. The Bertz CT molecular complexity index is 764. The number of likely N-dealkylation sites (N-methyl/N-ethyl adjacent to an activating group) is 1. The van der Waals surface area contributed by atoms with Crippen LogP contribution in [0.4, 0.5) is 0 Å². The third kappa shape index (κ3) is 6.37. The number of benzene rings is 1. The number of aryl methyl sites for hydroxylation is 1. The maximum absolute atomic E-state index is 12.1. The highest BCUT2D eigenvalue weighted by molar-refractivity contribution is 7.12. The number of carbonyl (C=O) groups excluding carboxylic acids is 2. The van der Waals surface area contributed by atoms with Crippen molar-refractivity contribution >= 4 is 29.3 Å². The summed E-state index contributed by atoms with van der Waals surface area (Å²) in [6.07, 6.45) is 3.03. The second-order valence-corrected chi connectivity index (χ2v) is 7.04. The maximum Gasteiger partial charge on any atom is 0.331 e. The number of ether oxygens (including phenoxy) is 2. The van der Waals surface area contributed by atoms with Gasteiger partial charge in [0, 0.05) is 29.4 Å². The van der Waals surface area contributed by atoms with Crippen LogP contribution < -0.4 is 4.74 Å². The van der Waals surface area contributed by atoms with Gasteiger partial charge in [0.15, 0.2) is 6.61 Å². The lowest BCUT2D eigenvalue weighted by Crippen LogP contribution is -2.30. The smallest absolute Gasteiger partial charge is 0.331 e. The van der Waals surface area contributed by atoms with Crippen molar-refractivity contribution < 1.29 is 19.1 Å². The van der Waals surface area contributed by atoms with Gasteiger partial charge in [-0.1, -0.05) is 12.1 Å². The Hall–Kier alpha value is -2.60. The van der Waals surface area contributed by atoms with E-state index >= 15 is 0 Å². The number of rotatable bonds is 8. The summed E-state index contributed by atoms with van der Waals surface area (Å²) >= 11 is 1.59. The zero-order chi connectivity index (χ0) is 18.9. The molecule has 1 aromatic heterocycles. The van der Waals surface area contributed by atoms with E-state index in [1.165, 1.54) is 15.9 Å². The topological polar surface area (TPSA) is 55.8 Å². The summed E-state index contributed by atoms with van der Waals surface area (Å²) in [6.45, 7) is 4.70. The van der Waals surface area contributed by atoms with Gasteiger partial charge >= 0.3 is 5.97 Å². The van der Waals surface area contributed by atoms with Gasteiger partial charge in [0.1, 0.15) is 5.75 Å². The molecule has 0 aliphatic carbocycles. The molecule has 26 heavy (non-hydrogen) atoms. The molecule has 0 saturated carbocycles. The first-order valence-corrected chi connectivity index (χ1v) is 9.16. The summed E-state index contributed by atoms with van der Waals surface area (Å²) in [7, 11) is 1.68. The van der Waals surface area contributed by atoms with Crippen LogP contribution in [0.25, 0.3) is 6.08 Å². The van der Waals surface area contributed by atoms with E-state index in [4.69, 9.17) is 9.47 Å². The molecule has 0 N–H and O–H groups in total. The van der Waals surface area contributed by atoms with Gasteiger partial charge in [-0.25, -0.2) is 4.79 Å². The fourth-order valence-electron chi connectivity index (χ4n) is 2.20. The molecule has 0 aliphatic heterocycles. The van der Waals surface area contributed by atoms with Crippen LogP contribution in [0.15, 0.2) is 42.5 Å². The van der Waals surface area contributed by atoms with Crippen molar-refractivity contribution in [3.8, 4) is 5.75 Å². The van der Waals surface area contributed by atoms with Crippen molar-refractivity contribution in [1.82, 2.24) is 4.90 Å². The molecule has 0 aliphatic rings. The molecule has 0 saturated heterocycles. The quantitative estimate of drug-likeness (QED) is 0.523. The molecule has 0 radical (unpaired) electrons. The molecule has 1 amide bonds. The van der Waals surface area contributed by atoms with E-state index in [2.05, 4.69) is 0 Å². The van der Waals surface area contributed by atoms with Gasteiger partial charge in [0.2, 0.25) is 0 Å². The lowest BCUT2D eigenvalue weighted by Gasteiger charge is -2.17. The van der Waals surface area contributed by atoms with Crippen LogP contribution in [0, 0.1) is 6.92 Å². The van der Waals surface area contributed by atoms with Crippen LogP contribution in [0.5, 0.6) is 5.75 Å². The Balaban J connectivity index is 1.77. The zero-order valence-electron chi connectivity index (χ0n) is 15.2. The van der Waals surface area contributed by atoms with Crippen LogP contribution in [0.3, 0.4) is 0 Å². The minimum Gasteiger partial charge on any atom is -0.494 e. The largest absolute Gasteiger partial charge is 0.494 e. The summed E-state index contributed by atoms with van der Waals surface area (Å²) in [5, 5.41) is 0. The average Bonchev–Trinajstić information content (AvgIpc) is 3.05. The van der Waals surface area contributed by atoms with E-state index in [9.17, 15) is 9.59 Å². The predicted octanol–water partition coefficient (Wildman–Crippen LogP) is 3.67. The SMILES string of the molecule is CCOc1ccc(CN(C)C(=O)COC(=O)/C=C/c2ccc(C)s2)cc1. The van der Waals surface area contributed by atoms with E-state index in [-0.39, 0.29) is 12.5 Å². The molecule has 0 bridgehead atoms. The van der Waals surface area contributed by atoms with E-state index in [0.717, 1.165) is 16.2 Å². The van der Waals surface area contributed by atoms with E-state index in [0.29, 0.717) is 13.2 Å². The van der Waals surface area contributed by atoms with Crippen LogP contribution >= 0.6 is 11.3 Å². The molecule has 0 unspecified atom stereocenters. The molecule has 0 fully saturated rings. The number of thiophene rings is 1. The average molecular weight is 373 g/mol. The summed E-state index contributed by atoms with van der Waals surface area (Å²) in [6, 6.07) is 11.5. The summed E-state index contributed by atoms with van der Waals surface area (Å²) in [4.78, 5) is 27.5. The molecule has 1 heterocycles. The van der Waals surface area contributed by atoms with Crippen molar-refractivity contribution in [2.24, 2.45) is 0 Å². The highest BCUT2D eigenvalue weighted by Crippen LogP contribution is 2.16. The van der Waals surface area contributed by atoms with Crippen molar-refractivity contribution in [3.05, 3.63) is 57.8 Å². The van der Waals surface area contributed by atoms with Crippen molar-refractivity contribution in [3.63, 3.8) is 0 Å². The van der Waals surface area contributed by atoms with E-state index < -0.39 is 5.97 Å². The van der Waals surface area contributed by atoms with Gasteiger partial charge in [-0.05, 0) is 49.8 Å². The molecule has 2 rings (SSSR count). The van der Waals surface area contributed by atoms with Gasteiger partial charge in [-0.3, -0.25) is 4.79 Å². The molecule has 5 nitrogen and oxygen atoms in total. The minimum atomic E-state index is -0.529. The van der Waals surface area contributed by atoms with Gasteiger partial charge < -0.3 is 14.4 Å². The van der Waals surface area contributed by atoms with Crippen LogP contribution in [0.1, 0.15) is 22.2 Å². The van der Waals surface area contributed by atoms with Crippen molar-refractivity contribution in [2.75, 3.05) is 20.3 Å². The standard InChI is InChI=1S/C20H23NO4S/c1-4-24-17-8-6-16(7-9-17)13-21(3)19(22)14-25-20(23)12-11-18-10-5-15(2)26-18/h5-12H,4,13-14H2,1-3H3/b12-11+. The van der Waals surface area contributed by atoms with Crippen LogP contribution in [-0.2, 0) is 20.9 Å². The molecular formula is C20H23NO4S. The Morgan fingerprint density at radius 2 is 1.88 bits per heavy atom. The van der Waals surface area contributed by atoms with Crippen molar-refractivity contribution in [2.45, 2.75) is 20.4 Å². The second-order valence-electron chi connectivity index (χ2n) is 5.72. The Kier molecular flexibility index (Phi) is 7.41. The number of esters is 1. The fraction of sp³-hybridized carbons (Fsp3) is 0.300. The van der Waals surface area contributed by atoms with Gasteiger partial charge in [-0.2, -0.15) is 0 Å². The summed E-state index contributed by atoms with van der Waals surface area (Å²) < 4.78 is 10.4. The Morgan fingerprint density at radius 1 is 1.15 bits per heavy atom. The third-order valence-corrected chi connectivity index (χ3v) is 4.53. The number of hydrogen-bond donors (Lipinski definition) is 0. The lowest BCUT2D eigenvalue weighted by molar-refractivity contribution is -0.147. The van der Waals surface area contributed by atoms with Gasteiger partial charge in [0.25, 0.3) is 5.91 Å². The third-order valence-electron chi connectivity index (χ3n) is 3.56. The number of amides is 1. The predicted molar refractivity (Wildman–Crippen MR) is 103 cm³/mol. The van der Waals surface area contributed by atoms with E-state index in [1.807, 2.05) is 50.2 Å². The maximum atomic E-state index is 12.1. The number of carbonyl (C=O) groups is 2. The monoisotopic (exact) mass is 373 g/mol. The zero-order valence-corrected chi connectivity index (χ0v) is 16.0. The molecule has 0 spiro atoms. The number of hydrogen-bond acceptors (Lipinski definition) is 5. The first-order chi connectivity index (χ1) is 12.5. The molecule has 6 heteroatoms. The molecule has 2 aromatic rings. The molecular weight excluding hydrogens is 350 g/mol. The van der Waals surface area contributed by atoms with Gasteiger partial charge in [0.05, 0.1) is 6.61 Å². The normalized spacial score (nSPS) is 10.7. The fourth-order valence-corrected chi connectivity index (χ4v) is 2.98. The van der Waals surface area contributed by atoms with Crippen LogP contribution in [-0.4, -0.2) is 37.0 Å². The van der Waals surface area contributed by atoms with Gasteiger partial charge in [-0.15, -0.1) is 11.3 Å². The number of nitrogens with zero attached hydrogens (tertiary/aromatic N) is 1. The molecule has 1 aromatic carbocycles. The van der Waals surface area contributed by atoms with E-state index in [1.54, 1.807) is 24.5 Å². The Morgan fingerprint density at radius 3 is 2.50 bits per heavy atom.